The van der Waals surface area contributed by atoms with Gasteiger partial charge in [-0.1, -0.05) is 5.16 Å². The Hall–Kier alpha value is -1.01. The van der Waals surface area contributed by atoms with E-state index >= 15 is 0 Å². The van der Waals surface area contributed by atoms with Gasteiger partial charge in [-0.3, -0.25) is 4.79 Å². The van der Waals surface area contributed by atoms with Crippen LogP contribution >= 0.6 is 11.8 Å². The lowest BCUT2D eigenvalue weighted by Gasteiger charge is -2.12. The summed E-state index contributed by atoms with van der Waals surface area (Å²) in [7, 11) is 0. The van der Waals surface area contributed by atoms with Gasteiger partial charge in [-0.2, -0.15) is 0 Å². The quantitative estimate of drug-likeness (QED) is 0.792. The molecular weight excluding hydrogens is 264 g/mol. The molecule has 6 heteroatoms. The van der Waals surface area contributed by atoms with Crippen LogP contribution in [-0.4, -0.2) is 35.1 Å². The molecule has 0 spiro atoms. The number of nitrogens with one attached hydrogen (secondary N) is 1. The number of hydrogen-bond acceptors (Lipinski definition) is 5. The maximum atomic E-state index is 11.7. The predicted octanol–water partition coefficient (Wildman–Crippen LogP) is 1.41. The first-order valence-corrected chi connectivity index (χ1v) is 7.59. The van der Waals surface area contributed by atoms with Gasteiger partial charge in [-0.25, -0.2) is 0 Å². The number of aryl methyl sites for hydroxylation is 2. The van der Waals surface area contributed by atoms with E-state index in [4.69, 9.17) is 9.63 Å². The predicted molar refractivity (Wildman–Crippen MR) is 73.9 cm³/mol. The van der Waals surface area contributed by atoms with Crippen LogP contribution < -0.4 is 5.32 Å². The molecule has 19 heavy (non-hydrogen) atoms. The lowest BCUT2D eigenvalue weighted by molar-refractivity contribution is -0.118. The normalized spacial score (nSPS) is 16.4. The average Bonchev–Trinajstić information content (AvgIpc) is 3.12. The molecular formula is C13H20N2O3S. The molecule has 1 amide bonds. The highest BCUT2D eigenvalue weighted by atomic mass is 32.2. The van der Waals surface area contributed by atoms with Gasteiger partial charge in [0.1, 0.15) is 5.76 Å². The number of carbonyl (C=O) groups is 1. The van der Waals surface area contributed by atoms with Crippen LogP contribution in [0.25, 0.3) is 0 Å². The Labute approximate surface area is 117 Å². The highest BCUT2D eigenvalue weighted by molar-refractivity contribution is 7.99. The molecule has 1 aliphatic carbocycles. The Balaban J connectivity index is 1.67. The van der Waals surface area contributed by atoms with Crippen molar-refractivity contribution < 1.29 is 14.4 Å². The summed E-state index contributed by atoms with van der Waals surface area (Å²) >= 11 is 1.55. The number of nitrogens with zero attached hydrogens (tertiary/aromatic N) is 1. The lowest BCUT2D eigenvalue weighted by atomic mass is 10.1. The minimum atomic E-state index is -0.0258. The summed E-state index contributed by atoms with van der Waals surface area (Å²) < 4.78 is 5.08. The summed E-state index contributed by atoms with van der Waals surface area (Å²) in [5.74, 6) is 2.00. The van der Waals surface area contributed by atoms with Crippen molar-refractivity contribution >= 4 is 17.7 Å². The summed E-state index contributed by atoms with van der Waals surface area (Å²) in [5.41, 5.74) is 1.94. The number of rotatable bonds is 7. The van der Waals surface area contributed by atoms with Crippen LogP contribution in [-0.2, 0) is 10.5 Å². The van der Waals surface area contributed by atoms with Crippen molar-refractivity contribution in [2.75, 3.05) is 18.9 Å². The Morgan fingerprint density at radius 1 is 1.53 bits per heavy atom. The fourth-order valence-corrected chi connectivity index (χ4v) is 2.86. The van der Waals surface area contributed by atoms with E-state index in [1.165, 1.54) is 0 Å². The van der Waals surface area contributed by atoms with E-state index in [1.54, 1.807) is 11.8 Å². The number of aliphatic hydroxyl groups is 1. The molecule has 2 rings (SSSR count). The van der Waals surface area contributed by atoms with E-state index in [1.807, 2.05) is 13.8 Å². The summed E-state index contributed by atoms with van der Waals surface area (Å²) in [4.78, 5) is 11.7. The van der Waals surface area contributed by atoms with Crippen LogP contribution in [0, 0.1) is 19.3 Å². The van der Waals surface area contributed by atoms with E-state index in [-0.39, 0.29) is 17.9 Å². The molecule has 2 N–H and O–H groups in total. The zero-order chi connectivity index (χ0) is 13.9. The van der Waals surface area contributed by atoms with Gasteiger partial charge in [0, 0.05) is 23.3 Å². The van der Waals surface area contributed by atoms with Crippen molar-refractivity contribution in [1.82, 2.24) is 10.5 Å². The first kappa shape index (κ1) is 14.4. The summed E-state index contributed by atoms with van der Waals surface area (Å²) in [6.07, 6.45) is 2.02. The highest BCUT2D eigenvalue weighted by Gasteiger charge is 2.41. The number of thioether (sulfide) groups is 1. The van der Waals surface area contributed by atoms with Crippen molar-refractivity contribution in [2.24, 2.45) is 5.41 Å². The Bertz CT molecular complexity index is 435. The first-order chi connectivity index (χ1) is 9.06. The summed E-state index contributed by atoms with van der Waals surface area (Å²) in [6.45, 7) is 4.55. The third kappa shape index (κ3) is 3.73. The van der Waals surface area contributed by atoms with E-state index in [0.29, 0.717) is 12.3 Å². The molecule has 0 atom stereocenters. The van der Waals surface area contributed by atoms with Gasteiger partial charge in [0.2, 0.25) is 5.91 Å². The third-order valence-corrected chi connectivity index (χ3v) is 4.57. The first-order valence-electron chi connectivity index (χ1n) is 6.43. The van der Waals surface area contributed by atoms with Crippen LogP contribution in [0.3, 0.4) is 0 Å². The number of aliphatic hydroxyl groups excluding tert-OH is 1. The van der Waals surface area contributed by atoms with Crippen LogP contribution in [0.1, 0.15) is 29.9 Å². The Kier molecular flexibility index (Phi) is 4.52. The minimum absolute atomic E-state index is 0.0245. The zero-order valence-electron chi connectivity index (χ0n) is 11.4. The monoisotopic (exact) mass is 284 g/mol. The maximum absolute atomic E-state index is 11.7. The second-order valence-corrected chi connectivity index (χ2v) is 6.22. The molecule has 1 aromatic rings. The van der Waals surface area contributed by atoms with Crippen LogP contribution in [0.2, 0.25) is 0 Å². The SMILES string of the molecule is Cc1noc(C)c1CSCC(=O)NCC1(CO)CC1. The molecule has 0 unspecified atom stereocenters. The van der Waals surface area contributed by atoms with E-state index in [2.05, 4.69) is 10.5 Å². The molecule has 1 aliphatic rings. The fourth-order valence-electron chi connectivity index (χ4n) is 1.86. The van der Waals surface area contributed by atoms with Gasteiger partial charge < -0.3 is 14.9 Å². The second kappa shape index (κ2) is 5.96. The second-order valence-electron chi connectivity index (χ2n) is 5.23. The van der Waals surface area contributed by atoms with Crippen molar-refractivity contribution in [3.8, 4) is 0 Å². The molecule has 0 saturated heterocycles. The van der Waals surface area contributed by atoms with E-state index < -0.39 is 0 Å². The van der Waals surface area contributed by atoms with Gasteiger partial charge in [0.15, 0.2) is 0 Å². The smallest absolute Gasteiger partial charge is 0.230 e. The van der Waals surface area contributed by atoms with E-state index in [9.17, 15) is 4.79 Å². The van der Waals surface area contributed by atoms with Crippen LogP contribution in [0.15, 0.2) is 4.52 Å². The molecule has 0 aliphatic heterocycles. The van der Waals surface area contributed by atoms with Gasteiger partial charge >= 0.3 is 0 Å². The van der Waals surface area contributed by atoms with Crippen LogP contribution in [0.4, 0.5) is 0 Å². The topological polar surface area (TPSA) is 75.4 Å². The van der Waals surface area contributed by atoms with Crippen molar-refractivity contribution in [3.05, 3.63) is 17.0 Å². The number of amides is 1. The molecule has 106 valence electrons. The molecule has 5 nitrogen and oxygen atoms in total. The highest BCUT2D eigenvalue weighted by Crippen LogP contribution is 2.44. The molecule has 1 heterocycles. The maximum Gasteiger partial charge on any atom is 0.230 e. The van der Waals surface area contributed by atoms with Crippen molar-refractivity contribution in [3.63, 3.8) is 0 Å². The summed E-state index contributed by atoms with van der Waals surface area (Å²) in [6, 6.07) is 0. The Morgan fingerprint density at radius 2 is 2.26 bits per heavy atom. The molecule has 0 aromatic carbocycles. The molecule has 0 bridgehead atoms. The fraction of sp³-hybridized carbons (Fsp3) is 0.692. The lowest BCUT2D eigenvalue weighted by Crippen LogP contribution is -2.33. The van der Waals surface area contributed by atoms with Crippen molar-refractivity contribution in [1.29, 1.82) is 0 Å². The third-order valence-electron chi connectivity index (χ3n) is 3.61. The number of carbonyl (C=O) groups excluding carboxylic acids is 1. The molecule has 0 radical (unpaired) electrons. The molecule has 1 aromatic heterocycles. The van der Waals surface area contributed by atoms with Gasteiger partial charge in [-0.15, -0.1) is 11.8 Å². The number of aromatic nitrogens is 1. The average molecular weight is 284 g/mol. The van der Waals surface area contributed by atoms with Gasteiger partial charge in [-0.05, 0) is 26.7 Å². The molecule has 1 fully saturated rings. The molecule has 1 saturated carbocycles. The largest absolute Gasteiger partial charge is 0.396 e. The van der Waals surface area contributed by atoms with Crippen molar-refractivity contribution in [2.45, 2.75) is 32.4 Å². The Morgan fingerprint density at radius 3 is 2.79 bits per heavy atom. The number of hydrogen-bond donors (Lipinski definition) is 2. The summed E-state index contributed by atoms with van der Waals surface area (Å²) in [5, 5.41) is 15.9. The standard InChI is InChI=1S/C13H20N2O3S/c1-9-11(10(2)18-15-9)5-19-6-12(17)14-7-13(8-16)3-4-13/h16H,3-8H2,1-2H3,(H,14,17). The van der Waals surface area contributed by atoms with Crippen LogP contribution in [0.5, 0.6) is 0 Å². The zero-order valence-corrected chi connectivity index (χ0v) is 12.2. The van der Waals surface area contributed by atoms with Gasteiger partial charge in [0.05, 0.1) is 18.1 Å². The minimum Gasteiger partial charge on any atom is -0.396 e. The van der Waals surface area contributed by atoms with E-state index in [0.717, 1.165) is 35.6 Å². The van der Waals surface area contributed by atoms with Gasteiger partial charge in [0.25, 0.3) is 0 Å².